The van der Waals surface area contributed by atoms with Gasteiger partial charge in [-0.25, -0.2) is 0 Å². The Bertz CT molecular complexity index is 811. The number of fused-ring (bicyclic) bond motifs is 1. The summed E-state index contributed by atoms with van der Waals surface area (Å²) in [5, 5.41) is 4.59. The molecule has 1 unspecified atom stereocenters. The third-order valence-electron chi connectivity index (χ3n) is 4.19. The third-order valence-corrected chi connectivity index (χ3v) is 4.19. The standard InChI is InChI=1S/C20H20N2O2/c1-2-4-20-16(3-1)11-15(13-22-20)12-21-17-5-7-18(8-6-17)24-19-9-10-23-14-19/h1-8,11,13,19,21H,9-10,12,14H2. The zero-order valence-electron chi connectivity index (χ0n) is 13.4. The molecule has 0 aliphatic carbocycles. The van der Waals surface area contributed by atoms with E-state index >= 15 is 0 Å². The Morgan fingerprint density at radius 1 is 1.12 bits per heavy atom. The lowest BCUT2D eigenvalue weighted by Gasteiger charge is -2.12. The molecule has 2 heterocycles. The summed E-state index contributed by atoms with van der Waals surface area (Å²) in [5.74, 6) is 0.892. The summed E-state index contributed by atoms with van der Waals surface area (Å²) in [6, 6.07) is 18.4. The number of pyridine rings is 1. The molecule has 1 aromatic heterocycles. The maximum absolute atomic E-state index is 5.88. The number of nitrogens with zero attached hydrogens (tertiary/aromatic N) is 1. The predicted molar refractivity (Wildman–Crippen MR) is 95.4 cm³/mol. The lowest BCUT2D eigenvalue weighted by atomic mass is 10.1. The first-order valence-electron chi connectivity index (χ1n) is 8.29. The van der Waals surface area contributed by atoms with Crippen LogP contribution in [0.3, 0.4) is 0 Å². The zero-order chi connectivity index (χ0) is 16.2. The quantitative estimate of drug-likeness (QED) is 0.771. The van der Waals surface area contributed by atoms with Crippen LogP contribution >= 0.6 is 0 Å². The summed E-state index contributed by atoms with van der Waals surface area (Å²) in [5.41, 5.74) is 3.26. The van der Waals surface area contributed by atoms with E-state index in [1.54, 1.807) is 0 Å². The third kappa shape index (κ3) is 3.49. The Kier molecular flexibility index (Phi) is 4.30. The van der Waals surface area contributed by atoms with Crippen LogP contribution < -0.4 is 10.1 Å². The van der Waals surface area contributed by atoms with E-state index in [9.17, 15) is 0 Å². The molecule has 0 radical (unpaired) electrons. The van der Waals surface area contributed by atoms with Crippen LogP contribution in [0.5, 0.6) is 5.75 Å². The highest BCUT2D eigenvalue weighted by Gasteiger charge is 2.16. The van der Waals surface area contributed by atoms with Crippen molar-refractivity contribution in [2.45, 2.75) is 19.1 Å². The molecule has 1 aliphatic heterocycles. The van der Waals surface area contributed by atoms with Crippen molar-refractivity contribution in [3.05, 3.63) is 66.4 Å². The zero-order valence-corrected chi connectivity index (χ0v) is 13.4. The van der Waals surface area contributed by atoms with Crippen LogP contribution in [0.1, 0.15) is 12.0 Å². The van der Waals surface area contributed by atoms with Gasteiger partial charge in [0.1, 0.15) is 11.9 Å². The minimum Gasteiger partial charge on any atom is -0.488 e. The molecule has 4 rings (SSSR count). The van der Waals surface area contributed by atoms with E-state index in [2.05, 4.69) is 22.4 Å². The van der Waals surface area contributed by atoms with Gasteiger partial charge in [0.15, 0.2) is 0 Å². The highest BCUT2D eigenvalue weighted by atomic mass is 16.5. The first-order valence-corrected chi connectivity index (χ1v) is 8.29. The van der Waals surface area contributed by atoms with Gasteiger partial charge in [-0.1, -0.05) is 18.2 Å². The van der Waals surface area contributed by atoms with E-state index in [-0.39, 0.29) is 6.10 Å². The van der Waals surface area contributed by atoms with Crippen molar-refractivity contribution in [2.24, 2.45) is 0 Å². The molecule has 1 aliphatic rings. The average Bonchev–Trinajstić information content (AvgIpc) is 3.14. The second-order valence-electron chi connectivity index (χ2n) is 6.02. The number of ether oxygens (including phenoxy) is 2. The lowest BCUT2D eigenvalue weighted by molar-refractivity contribution is 0.141. The van der Waals surface area contributed by atoms with E-state index in [0.29, 0.717) is 6.61 Å². The molecule has 0 spiro atoms. The molecule has 1 fully saturated rings. The number of rotatable bonds is 5. The summed E-state index contributed by atoms with van der Waals surface area (Å²) in [4.78, 5) is 4.49. The van der Waals surface area contributed by atoms with Crippen LogP contribution in [0, 0.1) is 0 Å². The van der Waals surface area contributed by atoms with Gasteiger partial charge in [-0.05, 0) is 42.0 Å². The van der Waals surface area contributed by atoms with Crippen LogP contribution in [0.4, 0.5) is 5.69 Å². The maximum Gasteiger partial charge on any atom is 0.124 e. The largest absolute Gasteiger partial charge is 0.488 e. The summed E-state index contributed by atoms with van der Waals surface area (Å²) < 4.78 is 11.2. The lowest BCUT2D eigenvalue weighted by Crippen LogP contribution is -2.15. The first-order chi connectivity index (χ1) is 11.9. The molecular weight excluding hydrogens is 300 g/mol. The fourth-order valence-electron chi connectivity index (χ4n) is 2.87. The molecule has 0 saturated carbocycles. The Hall–Kier alpha value is -2.59. The van der Waals surface area contributed by atoms with Gasteiger partial charge in [-0.2, -0.15) is 0 Å². The highest BCUT2D eigenvalue weighted by molar-refractivity contribution is 5.78. The maximum atomic E-state index is 5.88. The molecule has 1 N–H and O–H groups in total. The molecular formula is C20H20N2O2. The van der Waals surface area contributed by atoms with Gasteiger partial charge in [0, 0.05) is 30.2 Å². The number of hydrogen-bond donors (Lipinski definition) is 1. The Morgan fingerprint density at radius 2 is 2.00 bits per heavy atom. The molecule has 1 atom stereocenters. The van der Waals surface area contributed by atoms with E-state index < -0.39 is 0 Å². The van der Waals surface area contributed by atoms with Crippen molar-refractivity contribution in [1.82, 2.24) is 4.98 Å². The van der Waals surface area contributed by atoms with Crippen LogP contribution in [0.25, 0.3) is 10.9 Å². The molecule has 4 heteroatoms. The van der Waals surface area contributed by atoms with Crippen LogP contribution in [0.15, 0.2) is 60.8 Å². The molecule has 3 aromatic rings. The van der Waals surface area contributed by atoms with Crippen LogP contribution in [-0.4, -0.2) is 24.3 Å². The highest BCUT2D eigenvalue weighted by Crippen LogP contribution is 2.20. The Labute approximate surface area is 141 Å². The number of hydrogen-bond acceptors (Lipinski definition) is 4. The smallest absolute Gasteiger partial charge is 0.124 e. The number of nitrogens with one attached hydrogen (secondary N) is 1. The van der Waals surface area contributed by atoms with Gasteiger partial charge in [0.2, 0.25) is 0 Å². The molecule has 122 valence electrons. The summed E-state index contributed by atoms with van der Waals surface area (Å²) in [6.07, 6.45) is 3.08. The number of benzene rings is 2. The normalized spacial score (nSPS) is 17.1. The topological polar surface area (TPSA) is 43.4 Å². The van der Waals surface area contributed by atoms with Crippen molar-refractivity contribution in [3.63, 3.8) is 0 Å². The van der Waals surface area contributed by atoms with Gasteiger partial charge < -0.3 is 14.8 Å². The van der Waals surface area contributed by atoms with Crippen LogP contribution in [-0.2, 0) is 11.3 Å². The Balaban J connectivity index is 1.37. The van der Waals surface area contributed by atoms with E-state index in [4.69, 9.17) is 9.47 Å². The van der Waals surface area contributed by atoms with Crippen molar-refractivity contribution in [1.29, 1.82) is 0 Å². The van der Waals surface area contributed by atoms with Gasteiger partial charge in [0.25, 0.3) is 0 Å². The van der Waals surface area contributed by atoms with Crippen LogP contribution in [0.2, 0.25) is 0 Å². The monoisotopic (exact) mass is 320 g/mol. The van der Waals surface area contributed by atoms with Crippen molar-refractivity contribution < 1.29 is 9.47 Å². The predicted octanol–water partition coefficient (Wildman–Crippen LogP) is 4.01. The summed E-state index contributed by atoms with van der Waals surface area (Å²) in [7, 11) is 0. The van der Waals surface area contributed by atoms with Gasteiger partial charge in [-0.3, -0.25) is 4.98 Å². The number of para-hydroxylation sites is 1. The summed E-state index contributed by atoms with van der Waals surface area (Å²) in [6.45, 7) is 2.23. The van der Waals surface area contributed by atoms with Crippen molar-refractivity contribution in [2.75, 3.05) is 18.5 Å². The molecule has 0 bridgehead atoms. The molecule has 4 nitrogen and oxygen atoms in total. The summed E-state index contributed by atoms with van der Waals surface area (Å²) >= 11 is 0. The minimum absolute atomic E-state index is 0.187. The molecule has 0 amide bonds. The number of aromatic nitrogens is 1. The van der Waals surface area contributed by atoms with Crippen molar-refractivity contribution >= 4 is 16.6 Å². The molecule has 24 heavy (non-hydrogen) atoms. The van der Waals surface area contributed by atoms with Gasteiger partial charge in [0.05, 0.1) is 18.7 Å². The number of anilines is 1. The second kappa shape index (κ2) is 6.89. The second-order valence-corrected chi connectivity index (χ2v) is 6.02. The minimum atomic E-state index is 0.187. The van der Waals surface area contributed by atoms with Gasteiger partial charge >= 0.3 is 0 Å². The SMILES string of the molecule is c1ccc2ncc(CNc3ccc(OC4CCOC4)cc3)cc2c1. The fourth-order valence-corrected chi connectivity index (χ4v) is 2.87. The van der Waals surface area contributed by atoms with E-state index in [0.717, 1.165) is 42.1 Å². The molecule has 2 aromatic carbocycles. The van der Waals surface area contributed by atoms with E-state index in [1.165, 1.54) is 5.39 Å². The first kappa shape index (κ1) is 15.0. The van der Waals surface area contributed by atoms with E-state index in [1.807, 2.05) is 48.7 Å². The van der Waals surface area contributed by atoms with Crippen molar-refractivity contribution in [3.8, 4) is 5.75 Å². The molecule has 1 saturated heterocycles. The fraction of sp³-hybridized carbons (Fsp3) is 0.250. The Morgan fingerprint density at radius 3 is 2.83 bits per heavy atom. The van der Waals surface area contributed by atoms with Gasteiger partial charge in [-0.15, -0.1) is 0 Å². The average molecular weight is 320 g/mol.